The fourth-order valence-electron chi connectivity index (χ4n) is 3.55. The van der Waals surface area contributed by atoms with E-state index in [1.54, 1.807) is 6.07 Å². The molecule has 23 heavy (non-hydrogen) atoms. The summed E-state index contributed by atoms with van der Waals surface area (Å²) in [6.45, 7) is 4.22. The second kappa shape index (κ2) is 6.25. The smallest absolute Gasteiger partial charge is 0.205 e. The Morgan fingerprint density at radius 1 is 1.43 bits per heavy atom. The number of carbonyl (C=O) groups excluding carboxylic acids is 1. The van der Waals surface area contributed by atoms with Gasteiger partial charge in [0.25, 0.3) is 0 Å². The number of aliphatic imine (C=N–C) groups is 1. The van der Waals surface area contributed by atoms with Crippen molar-refractivity contribution >= 4 is 23.3 Å². The van der Waals surface area contributed by atoms with E-state index < -0.39 is 11.6 Å². The van der Waals surface area contributed by atoms with Crippen molar-refractivity contribution in [3.8, 4) is 0 Å². The molecule has 2 bridgehead atoms. The molecule has 4 nitrogen and oxygen atoms in total. The van der Waals surface area contributed by atoms with Gasteiger partial charge in [-0.1, -0.05) is 43.6 Å². The van der Waals surface area contributed by atoms with Crippen LogP contribution in [0.4, 0.5) is 0 Å². The molecule has 1 aliphatic heterocycles. The standard InChI is InChI=1S/C18H23ClN2O2/c1-11(2)10-14(20)17-21-18(12-6-3-4-7-13(12)19)9-5-8-15(23-17)16(18)22/h3-4,6-7,11,14-15H,5,8-10,20H2,1-2H3/t14-,15+,18+/m0/s1. The predicted octanol–water partition coefficient (Wildman–Crippen LogP) is 3.46. The summed E-state index contributed by atoms with van der Waals surface area (Å²) < 4.78 is 5.85. The molecule has 1 fully saturated rings. The summed E-state index contributed by atoms with van der Waals surface area (Å²) in [7, 11) is 0. The van der Waals surface area contributed by atoms with Crippen molar-refractivity contribution in [2.45, 2.75) is 57.2 Å². The number of rotatable bonds is 4. The van der Waals surface area contributed by atoms with Gasteiger partial charge in [-0.05, 0) is 37.7 Å². The van der Waals surface area contributed by atoms with Gasteiger partial charge in [-0.2, -0.15) is 0 Å². The summed E-state index contributed by atoms with van der Waals surface area (Å²) in [6, 6.07) is 7.17. The van der Waals surface area contributed by atoms with Crippen LogP contribution in [-0.4, -0.2) is 23.8 Å². The molecule has 0 amide bonds. The van der Waals surface area contributed by atoms with Crippen LogP contribution in [0.25, 0.3) is 0 Å². The molecule has 5 heteroatoms. The zero-order valence-corrected chi connectivity index (χ0v) is 14.3. The molecule has 1 aromatic rings. The molecule has 1 saturated carbocycles. The number of halogens is 1. The van der Waals surface area contributed by atoms with Crippen molar-refractivity contribution in [1.82, 2.24) is 0 Å². The monoisotopic (exact) mass is 334 g/mol. The number of nitrogens with zero attached hydrogens (tertiary/aromatic N) is 1. The van der Waals surface area contributed by atoms with Gasteiger partial charge in [0.2, 0.25) is 11.7 Å². The summed E-state index contributed by atoms with van der Waals surface area (Å²) >= 11 is 6.38. The Labute approximate surface area is 142 Å². The first-order valence-electron chi connectivity index (χ1n) is 8.25. The average Bonchev–Trinajstić information content (AvgIpc) is 2.47. The Morgan fingerprint density at radius 3 is 2.87 bits per heavy atom. The molecule has 3 rings (SSSR count). The van der Waals surface area contributed by atoms with E-state index >= 15 is 0 Å². The highest BCUT2D eigenvalue weighted by molar-refractivity contribution is 6.32. The maximum atomic E-state index is 12.9. The molecule has 124 valence electrons. The van der Waals surface area contributed by atoms with Crippen LogP contribution < -0.4 is 5.73 Å². The molecule has 2 N–H and O–H groups in total. The molecule has 1 aromatic carbocycles. The van der Waals surface area contributed by atoms with E-state index in [2.05, 4.69) is 13.8 Å². The Morgan fingerprint density at radius 2 is 2.17 bits per heavy atom. The lowest BCUT2D eigenvalue weighted by Crippen LogP contribution is -2.54. The SMILES string of the molecule is CC(C)C[C@H](N)C1=N[C@@]2(c3ccccc3Cl)CCC[C@@H](O1)C2=O. The number of nitrogens with two attached hydrogens (primary N) is 1. The first-order valence-corrected chi connectivity index (χ1v) is 8.63. The number of hydrogen-bond acceptors (Lipinski definition) is 4. The zero-order chi connectivity index (χ0) is 16.6. The van der Waals surface area contributed by atoms with Crippen molar-refractivity contribution in [1.29, 1.82) is 0 Å². The van der Waals surface area contributed by atoms with E-state index in [9.17, 15) is 4.79 Å². The van der Waals surface area contributed by atoms with Gasteiger partial charge in [0.15, 0.2) is 11.6 Å². The van der Waals surface area contributed by atoms with E-state index in [0.29, 0.717) is 23.3 Å². The average molecular weight is 335 g/mol. The van der Waals surface area contributed by atoms with Gasteiger partial charge < -0.3 is 10.5 Å². The molecule has 0 saturated heterocycles. The Kier molecular flexibility index (Phi) is 4.47. The normalized spacial score (nSPS) is 28.3. The second-order valence-corrected chi connectivity index (χ2v) is 7.30. The zero-order valence-electron chi connectivity index (χ0n) is 13.6. The van der Waals surface area contributed by atoms with Gasteiger partial charge in [0, 0.05) is 10.6 Å². The van der Waals surface area contributed by atoms with Crippen LogP contribution in [0.1, 0.15) is 45.1 Å². The molecular weight excluding hydrogens is 312 g/mol. The molecule has 0 aromatic heterocycles. The van der Waals surface area contributed by atoms with Crippen LogP contribution in [0.15, 0.2) is 29.3 Å². The first-order chi connectivity index (χ1) is 10.9. The van der Waals surface area contributed by atoms with E-state index in [4.69, 9.17) is 27.1 Å². The van der Waals surface area contributed by atoms with Crippen LogP contribution in [0.3, 0.4) is 0 Å². The van der Waals surface area contributed by atoms with E-state index in [1.807, 2.05) is 18.2 Å². The third-order valence-corrected chi connectivity index (χ3v) is 4.96. The van der Waals surface area contributed by atoms with Crippen molar-refractivity contribution < 1.29 is 9.53 Å². The van der Waals surface area contributed by atoms with Crippen molar-refractivity contribution in [2.24, 2.45) is 16.6 Å². The molecule has 0 spiro atoms. The van der Waals surface area contributed by atoms with Crippen LogP contribution >= 0.6 is 11.6 Å². The number of hydrogen-bond donors (Lipinski definition) is 1. The summed E-state index contributed by atoms with van der Waals surface area (Å²) in [5.74, 6) is 0.949. The van der Waals surface area contributed by atoms with Gasteiger partial charge in [-0.15, -0.1) is 0 Å². The maximum Gasteiger partial charge on any atom is 0.205 e. The van der Waals surface area contributed by atoms with E-state index in [-0.39, 0.29) is 11.8 Å². The Hall–Kier alpha value is -1.39. The Bertz CT molecular complexity index is 644. The molecule has 0 unspecified atom stereocenters. The fraction of sp³-hybridized carbons (Fsp3) is 0.556. The largest absolute Gasteiger partial charge is 0.468 e. The molecular formula is C18H23ClN2O2. The van der Waals surface area contributed by atoms with E-state index in [0.717, 1.165) is 24.8 Å². The number of carbonyl (C=O) groups is 1. The topological polar surface area (TPSA) is 64.7 Å². The lowest BCUT2D eigenvalue weighted by molar-refractivity contribution is -0.137. The minimum atomic E-state index is -0.927. The third kappa shape index (κ3) is 2.90. The van der Waals surface area contributed by atoms with Gasteiger partial charge in [-0.25, -0.2) is 4.99 Å². The summed E-state index contributed by atoms with van der Waals surface area (Å²) in [5.41, 5.74) is 6.12. The summed E-state index contributed by atoms with van der Waals surface area (Å²) in [6.07, 6.45) is 2.59. The summed E-state index contributed by atoms with van der Waals surface area (Å²) in [4.78, 5) is 17.7. The third-order valence-electron chi connectivity index (χ3n) is 4.63. The minimum absolute atomic E-state index is 0.0114. The highest BCUT2D eigenvalue weighted by Crippen LogP contribution is 2.44. The lowest BCUT2D eigenvalue weighted by atomic mass is 9.73. The minimum Gasteiger partial charge on any atom is -0.468 e. The predicted molar refractivity (Wildman–Crippen MR) is 91.7 cm³/mol. The van der Waals surface area contributed by atoms with Crippen molar-refractivity contribution in [3.05, 3.63) is 34.9 Å². The van der Waals surface area contributed by atoms with Crippen molar-refractivity contribution in [2.75, 3.05) is 0 Å². The van der Waals surface area contributed by atoms with Gasteiger partial charge in [-0.3, -0.25) is 4.79 Å². The van der Waals surface area contributed by atoms with Gasteiger partial charge in [0.05, 0.1) is 6.04 Å². The van der Waals surface area contributed by atoms with Crippen LogP contribution in [0.5, 0.6) is 0 Å². The highest BCUT2D eigenvalue weighted by Gasteiger charge is 2.52. The number of Topliss-reactive ketones (excluding diaryl/α,β-unsaturated/α-hetero) is 1. The summed E-state index contributed by atoms with van der Waals surface area (Å²) in [5, 5.41) is 0.573. The number of benzene rings is 1. The lowest BCUT2D eigenvalue weighted by Gasteiger charge is -2.42. The molecule has 2 aliphatic rings. The molecule has 3 atom stereocenters. The van der Waals surface area contributed by atoms with Crippen molar-refractivity contribution in [3.63, 3.8) is 0 Å². The Balaban J connectivity index is 2.07. The molecule has 0 radical (unpaired) electrons. The van der Waals surface area contributed by atoms with Crippen LogP contribution in [0, 0.1) is 5.92 Å². The fourth-order valence-corrected chi connectivity index (χ4v) is 3.84. The van der Waals surface area contributed by atoms with Gasteiger partial charge >= 0.3 is 0 Å². The second-order valence-electron chi connectivity index (χ2n) is 6.89. The number of ether oxygens (including phenoxy) is 1. The number of fused-ring (bicyclic) bond motifs is 2. The quantitative estimate of drug-likeness (QED) is 0.917. The molecule has 1 heterocycles. The highest BCUT2D eigenvalue weighted by atomic mass is 35.5. The maximum absolute atomic E-state index is 12.9. The molecule has 1 aliphatic carbocycles. The first kappa shape index (κ1) is 16.5. The van der Waals surface area contributed by atoms with Crippen LogP contribution in [0.2, 0.25) is 5.02 Å². The van der Waals surface area contributed by atoms with E-state index in [1.165, 1.54) is 0 Å². The number of ketones is 1. The van der Waals surface area contributed by atoms with Crippen LogP contribution in [-0.2, 0) is 15.1 Å². The van der Waals surface area contributed by atoms with Gasteiger partial charge in [0.1, 0.15) is 0 Å².